The molecule has 0 aromatic heterocycles. The molecule has 0 aliphatic rings. The third-order valence-corrected chi connectivity index (χ3v) is 2.51. The van der Waals surface area contributed by atoms with Crippen molar-refractivity contribution in [2.45, 2.75) is 6.92 Å². The lowest BCUT2D eigenvalue weighted by Crippen LogP contribution is -1.95. The number of nitrogen functional groups attached to an aromatic ring is 3. The Hall–Kier alpha value is -2.36. The van der Waals surface area contributed by atoms with Crippen molar-refractivity contribution < 1.29 is 4.74 Å². The Morgan fingerprint density at radius 2 is 1.65 bits per heavy atom. The van der Waals surface area contributed by atoms with E-state index in [9.17, 15) is 0 Å². The van der Waals surface area contributed by atoms with Crippen LogP contribution < -0.4 is 21.9 Å². The fourth-order valence-electron chi connectivity index (χ4n) is 1.47. The standard InChI is InChI=1S/C13H15N3O/c1-8-2-4-10(7-11(8)15)17-13-5-3-9(14)6-12(13)16/h2-7H,14-16H2,1H3. The van der Waals surface area contributed by atoms with Crippen LogP contribution in [0.15, 0.2) is 36.4 Å². The van der Waals surface area contributed by atoms with Gasteiger partial charge in [0, 0.05) is 17.4 Å². The third-order valence-electron chi connectivity index (χ3n) is 2.51. The molecule has 2 aromatic rings. The monoisotopic (exact) mass is 229 g/mol. The molecule has 0 spiro atoms. The summed E-state index contributed by atoms with van der Waals surface area (Å²) in [5.41, 5.74) is 20.0. The molecule has 0 saturated heterocycles. The molecule has 2 rings (SSSR count). The van der Waals surface area contributed by atoms with E-state index in [-0.39, 0.29) is 0 Å². The molecule has 0 amide bonds. The fraction of sp³-hybridized carbons (Fsp3) is 0.0769. The van der Waals surface area contributed by atoms with Crippen LogP contribution in [0, 0.1) is 6.92 Å². The minimum atomic E-state index is 0.504. The first kappa shape index (κ1) is 11.1. The number of hydrogen-bond donors (Lipinski definition) is 3. The van der Waals surface area contributed by atoms with Gasteiger partial charge in [0.1, 0.15) is 11.5 Å². The molecule has 0 unspecified atom stereocenters. The van der Waals surface area contributed by atoms with E-state index >= 15 is 0 Å². The van der Waals surface area contributed by atoms with Gasteiger partial charge in [0.05, 0.1) is 5.69 Å². The van der Waals surface area contributed by atoms with Crippen molar-refractivity contribution in [1.82, 2.24) is 0 Å². The molecule has 0 saturated carbocycles. The first-order valence-corrected chi connectivity index (χ1v) is 5.25. The van der Waals surface area contributed by atoms with E-state index in [1.54, 1.807) is 24.3 Å². The second-order valence-corrected chi connectivity index (χ2v) is 3.92. The lowest BCUT2D eigenvalue weighted by molar-refractivity contribution is 0.485. The maximum absolute atomic E-state index is 5.81. The number of nitrogens with two attached hydrogens (primary N) is 3. The van der Waals surface area contributed by atoms with Gasteiger partial charge in [-0.2, -0.15) is 0 Å². The minimum absolute atomic E-state index is 0.504. The first-order chi connectivity index (χ1) is 8.06. The molecule has 6 N–H and O–H groups in total. The molecule has 0 aliphatic heterocycles. The van der Waals surface area contributed by atoms with Gasteiger partial charge in [-0.3, -0.25) is 0 Å². The van der Waals surface area contributed by atoms with Crippen LogP contribution in [0.4, 0.5) is 17.1 Å². The first-order valence-electron chi connectivity index (χ1n) is 5.25. The quantitative estimate of drug-likeness (QED) is 0.690. The van der Waals surface area contributed by atoms with Crippen LogP contribution in [0.2, 0.25) is 0 Å². The molecular weight excluding hydrogens is 214 g/mol. The number of aryl methyl sites for hydroxylation is 1. The van der Waals surface area contributed by atoms with Gasteiger partial charge in [0.2, 0.25) is 0 Å². The Kier molecular flexibility index (Phi) is 2.78. The third kappa shape index (κ3) is 2.42. The normalized spacial score (nSPS) is 10.2. The average molecular weight is 229 g/mol. The van der Waals surface area contributed by atoms with Gasteiger partial charge in [-0.15, -0.1) is 0 Å². The van der Waals surface area contributed by atoms with Crippen LogP contribution in [0.25, 0.3) is 0 Å². The van der Waals surface area contributed by atoms with E-state index in [0.29, 0.717) is 28.6 Å². The zero-order valence-corrected chi connectivity index (χ0v) is 9.60. The maximum atomic E-state index is 5.81. The Bertz CT molecular complexity index is 552. The Balaban J connectivity index is 2.28. The number of benzene rings is 2. The van der Waals surface area contributed by atoms with Crippen LogP contribution in [-0.2, 0) is 0 Å². The summed E-state index contributed by atoms with van der Waals surface area (Å²) in [5.74, 6) is 1.23. The smallest absolute Gasteiger partial charge is 0.150 e. The lowest BCUT2D eigenvalue weighted by atomic mass is 10.2. The van der Waals surface area contributed by atoms with Crippen molar-refractivity contribution in [2.75, 3.05) is 17.2 Å². The summed E-state index contributed by atoms with van der Waals surface area (Å²) in [7, 11) is 0. The fourth-order valence-corrected chi connectivity index (χ4v) is 1.47. The zero-order chi connectivity index (χ0) is 12.4. The average Bonchev–Trinajstić information content (AvgIpc) is 2.27. The Morgan fingerprint density at radius 1 is 0.882 bits per heavy atom. The lowest BCUT2D eigenvalue weighted by Gasteiger charge is -2.10. The molecule has 0 fully saturated rings. The van der Waals surface area contributed by atoms with Gasteiger partial charge in [-0.25, -0.2) is 0 Å². The number of anilines is 3. The van der Waals surface area contributed by atoms with Crippen LogP contribution in [0.5, 0.6) is 11.5 Å². The summed E-state index contributed by atoms with van der Waals surface area (Å²) in [4.78, 5) is 0. The molecule has 4 heteroatoms. The molecule has 0 bridgehead atoms. The van der Waals surface area contributed by atoms with Gasteiger partial charge >= 0.3 is 0 Å². The number of rotatable bonds is 2. The highest BCUT2D eigenvalue weighted by molar-refractivity contribution is 5.62. The summed E-state index contributed by atoms with van der Waals surface area (Å²) in [6.45, 7) is 1.94. The Labute approximate surface area is 100.0 Å². The predicted octanol–water partition coefficient (Wildman–Crippen LogP) is 2.53. The van der Waals surface area contributed by atoms with E-state index in [0.717, 1.165) is 5.56 Å². The molecule has 2 aromatic carbocycles. The van der Waals surface area contributed by atoms with Crippen LogP contribution in [0.1, 0.15) is 5.56 Å². The molecule has 0 atom stereocenters. The number of ether oxygens (including phenoxy) is 1. The largest absolute Gasteiger partial charge is 0.455 e. The molecule has 88 valence electrons. The summed E-state index contributed by atoms with van der Waals surface area (Å²) >= 11 is 0. The highest BCUT2D eigenvalue weighted by Gasteiger charge is 2.03. The molecular formula is C13H15N3O. The van der Waals surface area contributed by atoms with Crippen molar-refractivity contribution in [2.24, 2.45) is 0 Å². The van der Waals surface area contributed by atoms with E-state index in [4.69, 9.17) is 21.9 Å². The second kappa shape index (κ2) is 4.25. The molecule has 0 aliphatic carbocycles. The van der Waals surface area contributed by atoms with Crippen molar-refractivity contribution >= 4 is 17.1 Å². The topological polar surface area (TPSA) is 87.3 Å². The number of hydrogen-bond acceptors (Lipinski definition) is 4. The van der Waals surface area contributed by atoms with Crippen molar-refractivity contribution in [3.8, 4) is 11.5 Å². The van der Waals surface area contributed by atoms with Crippen LogP contribution in [0.3, 0.4) is 0 Å². The highest BCUT2D eigenvalue weighted by atomic mass is 16.5. The van der Waals surface area contributed by atoms with Crippen molar-refractivity contribution in [3.63, 3.8) is 0 Å². The molecule has 0 radical (unpaired) electrons. The minimum Gasteiger partial charge on any atom is -0.455 e. The zero-order valence-electron chi connectivity index (χ0n) is 9.60. The molecule has 4 nitrogen and oxygen atoms in total. The maximum Gasteiger partial charge on any atom is 0.150 e. The molecule has 17 heavy (non-hydrogen) atoms. The predicted molar refractivity (Wildman–Crippen MR) is 70.9 cm³/mol. The van der Waals surface area contributed by atoms with Gasteiger partial charge < -0.3 is 21.9 Å². The van der Waals surface area contributed by atoms with Gasteiger partial charge in [-0.05, 0) is 36.8 Å². The van der Waals surface area contributed by atoms with Crippen LogP contribution >= 0.6 is 0 Å². The van der Waals surface area contributed by atoms with Crippen LogP contribution in [-0.4, -0.2) is 0 Å². The van der Waals surface area contributed by atoms with E-state index < -0.39 is 0 Å². The second-order valence-electron chi connectivity index (χ2n) is 3.92. The van der Waals surface area contributed by atoms with Crippen molar-refractivity contribution in [1.29, 1.82) is 0 Å². The van der Waals surface area contributed by atoms with E-state index in [1.807, 2.05) is 19.1 Å². The van der Waals surface area contributed by atoms with Gasteiger partial charge in [0.15, 0.2) is 0 Å². The Morgan fingerprint density at radius 3 is 2.29 bits per heavy atom. The molecule has 0 heterocycles. The van der Waals surface area contributed by atoms with E-state index in [1.165, 1.54) is 0 Å². The summed E-state index contributed by atoms with van der Waals surface area (Å²) in [6, 6.07) is 10.7. The summed E-state index contributed by atoms with van der Waals surface area (Å²) in [5, 5.41) is 0. The van der Waals surface area contributed by atoms with Gasteiger partial charge in [-0.1, -0.05) is 6.07 Å². The highest BCUT2D eigenvalue weighted by Crippen LogP contribution is 2.30. The van der Waals surface area contributed by atoms with Gasteiger partial charge in [0.25, 0.3) is 0 Å². The van der Waals surface area contributed by atoms with Crippen molar-refractivity contribution in [3.05, 3.63) is 42.0 Å². The SMILES string of the molecule is Cc1ccc(Oc2ccc(N)cc2N)cc1N. The van der Waals surface area contributed by atoms with E-state index in [2.05, 4.69) is 0 Å². The summed E-state index contributed by atoms with van der Waals surface area (Å²) < 4.78 is 5.64. The summed E-state index contributed by atoms with van der Waals surface area (Å²) in [6.07, 6.45) is 0.